The van der Waals surface area contributed by atoms with Crippen LogP contribution in [-0.2, 0) is 4.79 Å². The smallest absolute Gasteiger partial charge is 0.237 e. The van der Waals surface area contributed by atoms with Crippen LogP contribution in [0.2, 0.25) is 0 Å². The molecule has 122 valence electrons. The predicted octanol–water partition coefficient (Wildman–Crippen LogP) is 3.80. The maximum Gasteiger partial charge on any atom is 0.237 e. The number of rotatable bonds is 8. The van der Waals surface area contributed by atoms with Gasteiger partial charge in [-0.3, -0.25) is 4.79 Å². The topological polar surface area (TPSA) is 49.3 Å². The van der Waals surface area contributed by atoms with Gasteiger partial charge in [-0.25, -0.2) is 0 Å². The number of hydrogen-bond donors (Lipinski definition) is 2. The summed E-state index contributed by atoms with van der Waals surface area (Å²) in [4.78, 5) is 13.7. The SMILES string of the molecule is CCC(O)CCNC(=O)C(Sc1ccccc1)c1ccccc1. The van der Waals surface area contributed by atoms with E-state index in [2.05, 4.69) is 5.32 Å². The maximum atomic E-state index is 12.6. The lowest BCUT2D eigenvalue weighted by atomic mass is 10.1. The number of benzene rings is 2. The van der Waals surface area contributed by atoms with Gasteiger partial charge in [0, 0.05) is 11.4 Å². The average molecular weight is 329 g/mol. The predicted molar refractivity (Wildman–Crippen MR) is 95.4 cm³/mol. The molecule has 23 heavy (non-hydrogen) atoms. The first-order valence-corrected chi connectivity index (χ1v) is 8.81. The molecule has 0 radical (unpaired) electrons. The van der Waals surface area contributed by atoms with Crippen molar-refractivity contribution < 1.29 is 9.90 Å². The van der Waals surface area contributed by atoms with Crippen LogP contribution < -0.4 is 5.32 Å². The molecule has 2 rings (SSSR count). The summed E-state index contributed by atoms with van der Waals surface area (Å²) in [5.74, 6) is -0.0200. The van der Waals surface area contributed by atoms with Crippen LogP contribution in [0.1, 0.15) is 30.6 Å². The Labute approximate surface area is 142 Å². The van der Waals surface area contributed by atoms with Gasteiger partial charge in [0.15, 0.2) is 0 Å². The van der Waals surface area contributed by atoms with Gasteiger partial charge in [0.1, 0.15) is 5.25 Å². The van der Waals surface area contributed by atoms with E-state index >= 15 is 0 Å². The van der Waals surface area contributed by atoms with Crippen LogP contribution in [0.5, 0.6) is 0 Å². The molecular formula is C19H23NO2S. The molecule has 2 aromatic rings. The summed E-state index contributed by atoms with van der Waals surface area (Å²) >= 11 is 1.54. The number of carbonyl (C=O) groups is 1. The van der Waals surface area contributed by atoms with Crippen molar-refractivity contribution >= 4 is 17.7 Å². The van der Waals surface area contributed by atoms with E-state index in [0.29, 0.717) is 19.4 Å². The van der Waals surface area contributed by atoms with Crippen LogP contribution in [0.3, 0.4) is 0 Å². The van der Waals surface area contributed by atoms with Crippen LogP contribution in [0.4, 0.5) is 0 Å². The Morgan fingerprint density at radius 2 is 1.70 bits per heavy atom. The largest absolute Gasteiger partial charge is 0.393 e. The Bertz CT molecular complexity index is 589. The quantitative estimate of drug-likeness (QED) is 0.724. The molecule has 4 heteroatoms. The third-order valence-corrected chi connectivity index (χ3v) is 4.85. The molecule has 0 bridgehead atoms. The maximum absolute atomic E-state index is 12.6. The van der Waals surface area contributed by atoms with Gasteiger partial charge in [-0.05, 0) is 30.5 Å². The highest BCUT2D eigenvalue weighted by Crippen LogP contribution is 2.35. The van der Waals surface area contributed by atoms with Crippen LogP contribution >= 0.6 is 11.8 Å². The first-order valence-electron chi connectivity index (χ1n) is 7.93. The molecule has 0 aromatic heterocycles. The van der Waals surface area contributed by atoms with Crippen molar-refractivity contribution in [1.29, 1.82) is 0 Å². The van der Waals surface area contributed by atoms with Crippen LogP contribution in [0.15, 0.2) is 65.6 Å². The van der Waals surface area contributed by atoms with E-state index in [1.165, 1.54) is 11.8 Å². The number of amides is 1. The zero-order chi connectivity index (χ0) is 16.5. The fourth-order valence-electron chi connectivity index (χ4n) is 2.19. The molecule has 2 unspecified atom stereocenters. The molecule has 0 aliphatic carbocycles. The van der Waals surface area contributed by atoms with E-state index < -0.39 is 0 Å². The number of carbonyl (C=O) groups excluding carboxylic acids is 1. The van der Waals surface area contributed by atoms with Gasteiger partial charge >= 0.3 is 0 Å². The van der Waals surface area contributed by atoms with Crippen molar-refractivity contribution in [3.05, 3.63) is 66.2 Å². The third kappa shape index (κ3) is 5.73. The van der Waals surface area contributed by atoms with E-state index in [9.17, 15) is 9.90 Å². The fourth-order valence-corrected chi connectivity index (χ4v) is 3.26. The lowest BCUT2D eigenvalue weighted by Crippen LogP contribution is -2.30. The van der Waals surface area contributed by atoms with Gasteiger partial charge in [-0.15, -0.1) is 11.8 Å². The van der Waals surface area contributed by atoms with Crippen molar-refractivity contribution in [2.75, 3.05) is 6.54 Å². The zero-order valence-electron chi connectivity index (χ0n) is 13.3. The Morgan fingerprint density at radius 1 is 1.09 bits per heavy atom. The first kappa shape index (κ1) is 17.6. The van der Waals surface area contributed by atoms with Gasteiger partial charge < -0.3 is 10.4 Å². The fraction of sp³-hybridized carbons (Fsp3) is 0.316. The van der Waals surface area contributed by atoms with Crippen LogP contribution in [-0.4, -0.2) is 23.7 Å². The molecule has 0 fully saturated rings. The van der Waals surface area contributed by atoms with E-state index in [1.807, 2.05) is 67.6 Å². The highest BCUT2D eigenvalue weighted by atomic mass is 32.2. The molecule has 3 nitrogen and oxygen atoms in total. The van der Waals surface area contributed by atoms with Crippen LogP contribution in [0.25, 0.3) is 0 Å². The highest BCUT2D eigenvalue weighted by molar-refractivity contribution is 8.00. The Morgan fingerprint density at radius 3 is 2.30 bits per heavy atom. The standard InChI is InChI=1S/C19H23NO2S/c1-2-16(21)13-14-20-19(22)18(15-9-5-3-6-10-15)23-17-11-7-4-8-12-17/h3-12,16,18,21H,2,13-14H2,1H3,(H,20,22). The van der Waals surface area contributed by atoms with Crippen LogP contribution in [0, 0.1) is 0 Å². The van der Waals surface area contributed by atoms with Gasteiger partial charge in [0.05, 0.1) is 6.10 Å². The first-order chi connectivity index (χ1) is 11.2. The molecule has 2 atom stereocenters. The Balaban J connectivity index is 2.06. The Kier molecular flexibility index (Phi) is 7.17. The van der Waals surface area contributed by atoms with E-state index in [-0.39, 0.29) is 17.3 Å². The minimum Gasteiger partial charge on any atom is -0.393 e. The molecule has 2 aromatic carbocycles. The molecule has 0 spiro atoms. The van der Waals surface area contributed by atoms with Gasteiger partial charge in [-0.1, -0.05) is 55.5 Å². The zero-order valence-corrected chi connectivity index (χ0v) is 14.1. The van der Waals surface area contributed by atoms with Gasteiger partial charge in [0.25, 0.3) is 0 Å². The number of nitrogens with one attached hydrogen (secondary N) is 1. The summed E-state index contributed by atoms with van der Waals surface area (Å²) in [6.07, 6.45) is 0.934. The van der Waals surface area contributed by atoms with Crippen molar-refractivity contribution in [2.45, 2.75) is 36.0 Å². The summed E-state index contributed by atoms with van der Waals surface area (Å²) in [7, 11) is 0. The molecule has 1 amide bonds. The molecule has 0 saturated carbocycles. The summed E-state index contributed by atoms with van der Waals surface area (Å²) in [5, 5.41) is 12.3. The minimum absolute atomic E-state index is 0.0200. The lowest BCUT2D eigenvalue weighted by Gasteiger charge is -2.17. The summed E-state index contributed by atoms with van der Waals surface area (Å²) < 4.78 is 0. The minimum atomic E-state index is -0.354. The third-order valence-electron chi connectivity index (χ3n) is 3.59. The normalized spacial score (nSPS) is 13.3. The second kappa shape index (κ2) is 9.38. The van der Waals surface area contributed by atoms with Crippen molar-refractivity contribution in [3.63, 3.8) is 0 Å². The molecule has 0 aliphatic heterocycles. The Hall–Kier alpha value is -1.78. The van der Waals surface area contributed by atoms with Crippen molar-refractivity contribution in [2.24, 2.45) is 0 Å². The second-order valence-electron chi connectivity index (χ2n) is 5.36. The molecule has 2 N–H and O–H groups in total. The number of thioether (sulfide) groups is 1. The molecular weight excluding hydrogens is 306 g/mol. The molecule has 0 saturated heterocycles. The summed E-state index contributed by atoms with van der Waals surface area (Å²) in [6.45, 7) is 2.43. The lowest BCUT2D eigenvalue weighted by molar-refractivity contribution is -0.120. The van der Waals surface area contributed by atoms with Gasteiger partial charge in [0.2, 0.25) is 5.91 Å². The second-order valence-corrected chi connectivity index (χ2v) is 6.54. The number of aliphatic hydroxyl groups is 1. The summed E-state index contributed by atoms with van der Waals surface area (Å²) in [6, 6.07) is 19.7. The monoisotopic (exact) mass is 329 g/mol. The van der Waals surface area contributed by atoms with E-state index in [0.717, 1.165) is 10.5 Å². The number of aliphatic hydroxyl groups excluding tert-OH is 1. The number of hydrogen-bond acceptors (Lipinski definition) is 3. The molecule has 0 aliphatic rings. The average Bonchev–Trinajstić information content (AvgIpc) is 2.61. The summed E-state index contributed by atoms with van der Waals surface area (Å²) in [5.41, 5.74) is 0.981. The van der Waals surface area contributed by atoms with E-state index in [4.69, 9.17) is 0 Å². The van der Waals surface area contributed by atoms with E-state index in [1.54, 1.807) is 0 Å². The van der Waals surface area contributed by atoms with Gasteiger partial charge in [-0.2, -0.15) is 0 Å². The highest BCUT2D eigenvalue weighted by Gasteiger charge is 2.21. The van der Waals surface area contributed by atoms with Crippen molar-refractivity contribution in [1.82, 2.24) is 5.32 Å². The van der Waals surface area contributed by atoms with Crippen molar-refractivity contribution in [3.8, 4) is 0 Å². The molecule has 0 heterocycles.